The highest BCUT2D eigenvalue weighted by Gasteiger charge is 2.36. The second kappa shape index (κ2) is 7.52. The summed E-state index contributed by atoms with van der Waals surface area (Å²) in [6.45, 7) is 0.142. The Morgan fingerprint density at radius 2 is 1.85 bits per heavy atom. The normalized spacial score (nSPS) is 17.3. The van der Waals surface area contributed by atoms with Crippen molar-refractivity contribution in [3.63, 3.8) is 0 Å². The van der Waals surface area contributed by atoms with Crippen LogP contribution in [0.5, 0.6) is 0 Å². The molecule has 0 aromatic heterocycles. The molecule has 9 heteroatoms. The lowest BCUT2D eigenvalue weighted by atomic mass is 10.1. The van der Waals surface area contributed by atoms with Crippen LogP contribution in [0.1, 0.15) is 12.0 Å². The van der Waals surface area contributed by atoms with Gasteiger partial charge in [-0.05, 0) is 42.5 Å². The number of nitrogens with zero attached hydrogens (tertiary/aromatic N) is 1. The summed E-state index contributed by atoms with van der Waals surface area (Å²) in [5, 5.41) is 2.40. The molecule has 1 atom stereocenters. The molecule has 1 aliphatic heterocycles. The van der Waals surface area contributed by atoms with E-state index in [4.69, 9.17) is 11.6 Å². The molecule has 1 saturated heterocycles. The highest BCUT2D eigenvalue weighted by atomic mass is 79.9. The van der Waals surface area contributed by atoms with E-state index < -0.39 is 23.6 Å². The molecule has 1 fully saturated rings. The van der Waals surface area contributed by atoms with Gasteiger partial charge in [0.05, 0.1) is 22.2 Å². The van der Waals surface area contributed by atoms with Gasteiger partial charge in [0, 0.05) is 23.1 Å². The van der Waals surface area contributed by atoms with Crippen LogP contribution in [0.2, 0.25) is 5.02 Å². The van der Waals surface area contributed by atoms with Crippen LogP contribution in [0.3, 0.4) is 0 Å². The van der Waals surface area contributed by atoms with Crippen LogP contribution < -0.4 is 10.2 Å². The quantitative estimate of drug-likeness (QED) is 0.690. The van der Waals surface area contributed by atoms with E-state index in [9.17, 15) is 22.8 Å². The Kier molecular flexibility index (Phi) is 5.48. The SMILES string of the molecule is O=C(Nc1cc(C(F)(F)F)ccc1Cl)[C@@H]1CC(=O)N(c2ccc(Br)cc2)C1. The third-order valence-electron chi connectivity index (χ3n) is 4.19. The summed E-state index contributed by atoms with van der Waals surface area (Å²) in [7, 11) is 0. The van der Waals surface area contributed by atoms with E-state index in [0.717, 1.165) is 22.7 Å². The first-order chi connectivity index (χ1) is 12.6. The Morgan fingerprint density at radius 3 is 2.48 bits per heavy atom. The topological polar surface area (TPSA) is 49.4 Å². The minimum absolute atomic E-state index is 0.00885. The molecule has 0 bridgehead atoms. The van der Waals surface area contributed by atoms with Gasteiger partial charge in [0.1, 0.15) is 0 Å². The van der Waals surface area contributed by atoms with Gasteiger partial charge in [-0.25, -0.2) is 0 Å². The minimum Gasteiger partial charge on any atom is -0.324 e. The molecule has 4 nitrogen and oxygen atoms in total. The van der Waals surface area contributed by atoms with E-state index >= 15 is 0 Å². The summed E-state index contributed by atoms with van der Waals surface area (Å²) in [6, 6.07) is 9.73. The summed E-state index contributed by atoms with van der Waals surface area (Å²) < 4.78 is 39.4. The number of benzene rings is 2. The number of carbonyl (C=O) groups excluding carboxylic acids is 2. The molecule has 0 spiro atoms. The number of amides is 2. The van der Waals surface area contributed by atoms with Gasteiger partial charge in [-0.2, -0.15) is 13.2 Å². The second-order valence-electron chi connectivity index (χ2n) is 6.06. The number of carbonyl (C=O) groups is 2. The van der Waals surface area contributed by atoms with Crippen LogP contribution in [0.25, 0.3) is 0 Å². The van der Waals surface area contributed by atoms with Gasteiger partial charge in [0.15, 0.2) is 0 Å². The molecule has 142 valence electrons. The van der Waals surface area contributed by atoms with Gasteiger partial charge < -0.3 is 10.2 Å². The molecule has 2 amide bonds. The van der Waals surface area contributed by atoms with E-state index in [1.54, 1.807) is 24.3 Å². The van der Waals surface area contributed by atoms with Crippen molar-refractivity contribution in [1.29, 1.82) is 0 Å². The first-order valence-corrected chi connectivity index (χ1v) is 9.06. The Balaban J connectivity index is 1.74. The Labute approximate surface area is 166 Å². The number of rotatable bonds is 3. The molecular formula is C18H13BrClF3N2O2. The smallest absolute Gasteiger partial charge is 0.324 e. The summed E-state index contributed by atoms with van der Waals surface area (Å²) in [6.07, 6.45) is -4.58. The summed E-state index contributed by atoms with van der Waals surface area (Å²) in [5.74, 6) is -1.47. The Morgan fingerprint density at radius 1 is 1.19 bits per heavy atom. The number of hydrogen-bond donors (Lipinski definition) is 1. The predicted octanol–water partition coefficient (Wildman–Crippen LogP) is 5.11. The molecule has 0 saturated carbocycles. The van der Waals surface area contributed by atoms with E-state index in [2.05, 4.69) is 21.2 Å². The molecular weight excluding hydrogens is 449 g/mol. The molecule has 3 rings (SSSR count). The van der Waals surface area contributed by atoms with Crippen molar-refractivity contribution in [1.82, 2.24) is 0 Å². The van der Waals surface area contributed by atoms with Crippen molar-refractivity contribution in [3.05, 3.63) is 57.5 Å². The predicted molar refractivity (Wildman–Crippen MR) is 99.7 cm³/mol. The van der Waals surface area contributed by atoms with Crippen molar-refractivity contribution in [2.75, 3.05) is 16.8 Å². The average Bonchev–Trinajstić information content (AvgIpc) is 2.98. The Hall–Kier alpha value is -2.06. The maximum atomic E-state index is 12.8. The molecule has 1 aliphatic rings. The first kappa shape index (κ1) is 19.7. The zero-order valence-electron chi connectivity index (χ0n) is 13.7. The molecule has 2 aromatic rings. The van der Waals surface area contributed by atoms with Crippen LogP contribution in [-0.4, -0.2) is 18.4 Å². The van der Waals surface area contributed by atoms with Crippen LogP contribution in [0, 0.1) is 5.92 Å². The fourth-order valence-corrected chi connectivity index (χ4v) is 3.22. The van der Waals surface area contributed by atoms with Crippen molar-refractivity contribution in [2.45, 2.75) is 12.6 Å². The largest absolute Gasteiger partial charge is 0.416 e. The minimum atomic E-state index is -4.55. The lowest BCUT2D eigenvalue weighted by Crippen LogP contribution is -2.28. The molecule has 0 radical (unpaired) electrons. The molecule has 1 N–H and O–H groups in total. The van der Waals surface area contributed by atoms with Gasteiger partial charge in [-0.3, -0.25) is 9.59 Å². The maximum absolute atomic E-state index is 12.8. The molecule has 1 heterocycles. The van der Waals surface area contributed by atoms with E-state index in [1.807, 2.05) is 0 Å². The number of halogens is 5. The molecule has 0 aliphatic carbocycles. The standard InChI is InChI=1S/C18H13BrClF3N2O2/c19-12-2-4-13(5-3-12)25-9-10(7-16(25)26)17(27)24-15-8-11(18(21,22)23)1-6-14(15)20/h1-6,8,10H,7,9H2,(H,24,27)/t10-/m1/s1. The Bertz CT molecular complexity index is 887. The van der Waals surface area contributed by atoms with Gasteiger partial charge in [-0.1, -0.05) is 27.5 Å². The van der Waals surface area contributed by atoms with Crippen molar-refractivity contribution in [2.24, 2.45) is 5.92 Å². The van der Waals surface area contributed by atoms with E-state index in [1.165, 1.54) is 4.90 Å². The lowest BCUT2D eigenvalue weighted by Gasteiger charge is -2.17. The number of hydrogen-bond acceptors (Lipinski definition) is 2. The van der Waals surface area contributed by atoms with Crippen molar-refractivity contribution in [3.8, 4) is 0 Å². The third kappa shape index (κ3) is 4.44. The highest BCUT2D eigenvalue weighted by Crippen LogP contribution is 2.34. The fourth-order valence-electron chi connectivity index (χ4n) is 2.79. The summed E-state index contributed by atoms with van der Waals surface area (Å²) in [4.78, 5) is 26.2. The monoisotopic (exact) mass is 460 g/mol. The second-order valence-corrected chi connectivity index (χ2v) is 7.39. The third-order valence-corrected chi connectivity index (χ3v) is 5.04. The molecule has 0 unspecified atom stereocenters. The first-order valence-electron chi connectivity index (χ1n) is 7.88. The average molecular weight is 462 g/mol. The number of anilines is 2. The maximum Gasteiger partial charge on any atom is 0.416 e. The lowest BCUT2D eigenvalue weighted by molar-refractivity contribution is -0.137. The zero-order chi connectivity index (χ0) is 19.8. The summed E-state index contributed by atoms with van der Waals surface area (Å²) >= 11 is 9.21. The van der Waals surface area contributed by atoms with E-state index in [0.29, 0.717) is 5.69 Å². The van der Waals surface area contributed by atoms with Gasteiger partial charge in [-0.15, -0.1) is 0 Å². The fraction of sp³-hybridized carbons (Fsp3) is 0.222. The van der Waals surface area contributed by atoms with Gasteiger partial charge >= 0.3 is 6.18 Å². The van der Waals surface area contributed by atoms with Crippen molar-refractivity contribution < 1.29 is 22.8 Å². The van der Waals surface area contributed by atoms with Crippen LogP contribution in [0.4, 0.5) is 24.5 Å². The number of nitrogens with one attached hydrogen (secondary N) is 1. The molecule has 2 aromatic carbocycles. The molecule has 27 heavy (non-hydrogen) atoms. The van der Waals surface area contributed by atoms with Crippen LogP contribution in [-0.2, 0) is 15.8 Å². The van der Waals surface area contributed by atoms with Crippen molar-refractivity contribution >= 4 is 50.7 Å². The highest BCUT2D eigenvalue weighted by molar-refractivity contribution is 9.10. The summed E-state index contributed by atoms with van der Waals surface area (Å²) in [5.41, 5.74) is -0.400. The zero-order valence-corrected chi connectivity index (χ0v) is 16.0. The van der Waals surface area contributed by atoms with Crippen LogP contribution >= 0.6 is 27.5 Å². The van der Waals surface area contributed by atoms with Crippen LogP contribution in [0.15, 0.2) is 46.9 Å². The number of alkyl halides is 3. The van der Waals surface area contributed by atoms with Gasteiger partial charge in [0.2, 0.25) is 11.8 Å². The van der Waals surface area contributed by atoms with Gasteiger partial charge in [0.25, 0.3) is 0 Å². The van der Waals surface area contributed by atoms with E-state index in [-0.39, 0.29) is 29.6 Å².